The number of anilines is 1. The molecule has 0 aliphatic heterocycles. The molecule has 0 radical (unpaired) electrons. The van der Waals surface area contributed by atoms with Gasteiger partial charge < -0.3 is 19.6 Å². The van der Waals surface area contributed by atoms with Gasteiger partial charge in [0, 0.05) is 11.3 Å². The third kappa shape index (κ3) is 5.81. The molecule has 0 saturated heterocycles. The van der Waals surface area contributed by atoms with Crippen LogP contribution in [0.25, 0.3) is 0 Å². The molecule has 0 atom stereocenters. The van der Waals surface area contributed by atoms with Gasteiger partial charge in [0.15, 0.2) is 18.1 Å². The molecule has 2 aromatic carbocycles. The van der Waals surface area contributed by atoms with Crippen molar-refractivity contribution in [3.05, 3.63) is 53.6 Å². The van der Waals surface area contributed by atoms with Crippen LogP contribution in [-0.2, 0) is 16.1 Å². The molecule has 138 valence electrons. The highest BCUT2D eigenvalue weighted by Crippen LogP contribution is 2.27. The molecule has 2 rings (SSSR count). The van der Waals surface area contributed by atoms with Crippen molar-refractivity contribution in [3.63, 3.8) is 0 Å². The lowest BCUT2D eigenvalue weighted by molar-refractivity contribution is -0.120. The fourth-order valence-corrected chi connectivity index (χ4v) is 2.30. The van der Waals surface area contributed by atoms with E-state index in [1.165, 1.54) is 6.21 Å². The van der Waals surface area contributed by atoms with Crippen LogP contribution in [0.5, 0.6) is 11.5 Å². The normalized spacial score (nSPS) is 10.6. The number of aryl methyl sites for hydroxylation is 1. The number of ether oxygens (including phenoxy) is 2. The molecule has 0 fully saturated rings. The first kappa shape index (κ1) is 19.3. The van der Waals surface area contributed by atoms with Gasteiger partial charge in [0.25, 0.3) is 5.91 Å². The van der Waals surface area contributed by atoms with Crippen molar-refractivity contribution in [3.8, 4) is 11.5 Å². The second-order valence-corrected chi connectivity index (χ2v) is 5.45. The van der Waals surface area contributed by atoms with Crippen LogP contribution in [0, 0.1) is 0 Å². The molecule has 6 nitrogen and oxygen atoms in total. The Balaban J connectivity index is 1.85. The predicted molar refractivity (Wildman–Crippen MR) is 102 cm³/mol. The van der Waals surface area contributed by atoms with Crippen LogP contribution in [0.15, 0.2) is 47.6 Å². The molecule has 26 heavy (non-hydrogen) atoms. The minimum absolute atomic E-state index is 0.166. The zero-order valence-electron chi connectivity index (χ0n) is 15.3. The van der Waals surface area contributed by atoms with Crippen LogP contribution in [0.3, 0.4) is 0 Å². The number of carbonyl (C=O) groups excluding carboxylic acids is 1. The fraction of sp³-hybridized carbons (Fsp3) is 0.300. The van der Waals surface area contributed by atoms with Gasteiger partial charge in [-0.25, -0.2) is 0 Å². The van der Waals surface area contributed by atoms with Crippen molar-refractivity contribution in [1.82, 2.24) is 0 Å². The maximum atomic E-state index is 11.9. The van der Waals surface area contributed by atoms with E-state index in [0.29, 0.717) is 18.1 Å². The van der Waals surface area contributed by atoms with E-state index in [9.17, 15) is 4.79 Å². The van der Waals surface area contributed by atoms with E-state index >= 15 is 0 Å². The summed E-state index contributed by atoms with van der Waals surface area (Å²) in [5, 5.41) is 6.61. The maximum absolute atomic E-state index is 11.9. The SMILES string of the molecule is CCOc1ccc(/C=N\OCC(=O)Nc2cccc(CC)c2)cc1OC. The lowest BCUT2D eigenvalue weighted by Crippen LogP contribution is -2.17. The van der Waals surface area contributed by atoms with Crippen molar-refractivity contribution in [2.24, 2.45) is 5.16 Å². The Morgan fingerprint density at radius 2 is 2.00 bits per heavy atom. The van der Waals surface area contributed by atoms with Gasteiger partial charge >= 0.3 is 0 Å². The second-order valence-electron chi connectivity index (χ2n) is 5.45. The van der Waals surface area contributed by atoms with Gasteiger partial charge in [-0.3, -0.25) is 4.79 Å². The molecule has 0 bridgehead atoms. The second kappa shape index (κ2) is 10.1. The summed E-state index contributed by atoms with van der Waals surface area (Å²) < 4.78 is 10.7. The lowest BCUT2D eigenvalue weighted by atomic mass is 10.1. The van der Waals surface area contributed by atoms with Crippen molar-refractivity contribution in [2.75, 3.05) is 25.6 Å². The van der Waals surface area contributed by atoms with Crippen LogP contribution in [0.2, 0.25) is 0 Å². The maximum Gasteiger partial charge on any atom is 0.265 e. The van der Waals surface area contributed by atoms with Gasteiger partial charge in [0.1, 0.15) is 0 Å². The number of rotatable bonds is 9. The summed E-state index contributed by atoms with van der Waals surface area (Å²) in [6, 6.07) is 13.1. The zero-order valence-corrected chi connectivity index (χ0v) is 15.3. The molecule has 6 heteroatoms. The fourth-order valence-electron chi connectivity index (χ4n) is 2.30. The Bertz CT molecular complexity index is 759. The summed E-state index contributed by atoms with van der Waals surface area (Å²) >= 11 is 0. The Hall–Kier alpha value is -3.02. The van der Waals surface area contributed by atoms with Gasteiger partial charge in [-0.05, 0) is 49.2 Å². The molecular formula is C20H24N2O4. The van der Waals surface area contributed by atoms with Gasteiger partial charge in [-0.1, -0.05) is 24.2 Å². The zero-order chi connectivity index (χ0) is 18.8. The third-order valence-corrected chi connectivity index (χ3v) is 3.58. The number of benzene rings is 2. The van der Waals surface area contributed by atoms with E-state index < -0.39 is 0 Å². The number of methoxy groups -OCH3 is 1. The minimum atomic E-state index is -0.264. The lowest BCUT2D eigenvalue weighted by Gasteiger charge is -2.09. The number of amides is 1. The number of hydrogen-bond acceptors (Lipinski definition) is 5. The van der Waals surface area contributed by atoms with Gasteiger partial charge in [-0.2, -0.15) is 0 Å². The first-order chi connectivity index (χ1) is 12.7. The molecular weight excluding hydrogens is 332 g/mol. The third-order valence-electron chi connectivity index (χ3n) is 3.58. The average Bonchev–Trinajstić information content (AvgIpc) is 2.66. The van der Waals surface area contributed by atoms with Crippen LogP contribution < -0.4 is 14.8 Å². The van der Waals surface area contributed by atoms with Gasteiger partial charge in [0.2, 0.25) is 0 Å². The van der Waals surface area contributed by atoms with Crippen molar-refractivity contribution >= 4 is 17.8 Å². The highest BCUT2D eigenvalue weighted by molar-refractivity contribution is 5.91. The van der Waals surface area contributed by atoms with Crippen molar-refractivity contribution in [1.29, 1.82) is 0 Å². The molecule has 0 aliphatic rings. The molecule has 2 aromatic rings. The highest BCUT2D eigenvalue weighted by atomic mass is 16.6. The quantitative estimate of drug-likeness (QED) is 0.550. The van der Waals surface area contributed by atoms with E-state index in [4.69, 9.17) is 14.3 Å². The van der Waals surface area contributed by atoms with E-state index in [1.807, 2.05) is 37.3 Å². The van der Waals surface area contributed by atoms with Crippen molar-refractivity contribution in [2.45, 2.75) is 20.3 Å². The monoisotopic (exact) mass is 356 g/mol. The molecule has 0 spiro atoms. The summed E-state index contributed by atoms with van der Waals surface area (Å²) in [7, 11) is 1.58. The molecule has 0 heterocycles. The number of nitrogens with zero attached hydrogens (tertiary/aromatic N) is 1. The van der Waals surface area contributed by atoms with E-state index in [-0.39, 0.29) is 12.5 Å². The van der Waals surface area contributed by atoms with E-state index in [1.54, 1.807) is 19.2 Å². The Kier molecular flexibility index (Phi) is 7.49. The summed E-state index contributed by atoms with van der Waals surface area (Å²) in [6.45, 7) is 4.37. The van der Waals surface area contributed by atoms with E-state index in [0.717, 1.165) is 23.2 Å². The molecule has 0 saturated carbocycles. The van der Waals surface area contributed by atoms with Gasteiger partial charge in [0.05, 0.1) is 19.9 Å². The average molecular weight is 356 g/mol. The van der Waals surface area contributed by atoms with Gasteiger partial charge in [-0.15, -0.1) is 0 Å². The summed E-state index contributed by atoms with van der Waals surface area (Å²) in [4.78, 5) is 17.0. The predicted octanol–water partition coefficient (Wildman–Crippen LogP) is 3.65. The van der Waals surface area contributed by atoms with E-state index in [2.05, 4.69) is 17.4 Å². The van der Waals surface area contributed by atoms with Crippen LogP contribution in [0.4, 0.5) is 5.69 Å². The summed E-state index contributed by atoms with van der Waals surface area (Å²) in [5.41, 5.74) is 2.69. The topological polar surface area (TPSA) is 69.2 Å². The Labute approximate surface area is 153 Å². The molecule has 0 unspecified atom stereocenters. The summed E-state index contributed by atoms with van der Waals surface area (Å²) in [5.74, 6) is 1.02. The molecule has 1 amide bonds. The smallest absolute Gasteiger partial charge is 0.265 e. The Morgan fingerprint density at radius 3 is 2.73 bits per heavy atom. The standard InChI is InChI=1S/C20H24N2O4/c1-4-15-7-6-8-17(11-15)22-20(23)14-26-21-13-16-9-10-18(25-5-2)19(12-16)24-3/h6-13H,4-5,14H2,1-3H3,(H,22,23)/b21-13-. The number of hydrogen-bond donors (Lipinski definition) is 1. The molecule has 0 aliphatic carbocycles. The molecule has 0 aromatic heterocycles. The van der Waals surface area contributed by atoms with Crippen molar-refractivity contribution < 1.29 is 19.1 Å². The number of carbonyl (C=O) groups is 1. The highest BCUT2D eigenvalue weighted by Gasteiger charge is 2.05. The first-order valence-electron chi connectivity index (χ1n) is 8.51. The summed E-state index contributed by atoms with van der Waals surface area (Å²) in [6.07, 6.45) is 2.43. The largest absolute Gasteiger partial charge is 0.493 e. The molecule has 1 N–H and O–H groups in total. The van der Waals surface area contributed by atoms with Crippen LogP contribution in [-0.4, -0.2) is 32.4 Å². The number of oxime groups is 1. The minimum Gasteiger partial charge on any atom is -0.493 e. The first-order valence-corrected chi connectivity index (χ1v) is 8.51. The Morgan fingerprint density at radius 1 is 1.15 bits per heavy atom. The number of nitrogens with one attached hydrogen (secondary N) is 1. The van der Waals surface area contributed by atoms with Crippen LogP contribution in [0.1, 0.15) is 25.0 Å². The van der Waals surface area contributed by atoms with Crippen LogP contribution >= 0.6 is 0 Å².